The van der Waals surface area contributed by atoms with E-state index in [2.05, 4.69) is 33.8 Å². The van der Waals surface area contributed by atoms with Gasteiger partial charge in [-0.1, -0.05) is 6.07 Å². The molecule has 106 valence electrons. The highest BCUT2D eigenvalue weighted by Gasteiger charge is 2.26. The molecular weight excluding hydrogens is 303 g/mol. The van der Waals surface area contributed by atoms with Crippen molar-refractivity contribution in [2.45, 2.75) is 6.04 Å². The van der Waals surface area contributed by atoms with Crippen molar-refractivity contribution in [3.05, 3.63) is 46.5 Å². The van der Waals surface area contributed by atoms with Crippen molar-refractivity contribution in [2.24, 2.45) is 0 Å². The van der Waals surface area contributed by atoms with Crippen LogP contribution < -0.4 is 5.32 Å². The summed E-state index contributed by atoms with van der Waals surface area (Å²) in [4.78, 5) is 3.85. The Morgan fingerprint density at radius 3 is 2.53 bits per heavy atom. The van der Waals surface area contributed by atoms with Crippen LogP contribution in [0.5, 0.6) is 0 Å². The predicted molar refractivity (Wildman–Crippen MR) is 83.8 cm³/mol. The molecule has 3 heterocycles. The lowest BCUT2D eigenvalue weighted by Gasteiger charge is -2.33. The second-order valence-electron chi connectivity index (χ2n) is 4.22. The van der Waals surface area contributed by atoms with E-state index in [0.717, 1.165) is 31.9 Å². The molecule has 1 aliphatic heterocycles. The zero-order valence-corrected chi connectivity index (χ0v) is 12.9. The van der Waals surface area contributed by atoms with Gasteiger partial charge >= 0.3 is 0 Å². The van der Waals surface area contributed by atoms with Gasteiger partial charge in [0.2, 0.25) is 0 Å². The Labute approximate surface area is 129 Å². The van der Waals surface area contributed by atoms with E-state index in [1.165, 1.54) is 4.88 Å². The number of halogens is 2. The number of furan rings is 1. The van der Waals surface area contributed by atoms with E-state index in [0.29, 0.717) is 0 Å². The van der Waals surface area contributed by atoms with Gasteiger partial charge in [-0.25, -0.2) is 0 Å². The minimum Gasteiger partial charge on any atom is -0.467 e. The zero-order valence-electron chi connectivity index (χ0n) is 10.5. The van der Waals surface area contributed by atoms with E-state index < -0.39 is 0 Å². The molecule has 0 saturated carbocycles. The van der Waals surface area contributed by atoms with Crippen LogP contribution in [0.4, 0.5) is 0 Å². The van der Waals surface area contributed by atoms with Gasteiger partial charge in [0.15, 0.2) is 0 Å². The predicted octanol–water partition coefficient (Wildman–Crippen LogP) is 3.18. The highest BCUT2D eigenvalue weighted by molar-refractivity contribution is 7.10. The third-order valence-corrected chi connectivity index (χ3v) is 4.07. The first-order valence-electron chi connectivity index (χ1n) is 5.97. The lowest BCUT2D eigenvalue weighted by Crippen LogP contribution is -2.45. The molecule has 3 nitrogen and oxygen atoms in total. The van der Waals surface area contributed by atoms with Crippen LogP contribution in [0.3, 0.4) is 0 Å². The second kappa shape index (κ2) is 7.92. The molecule has 1 N–H and O–H groups in total. The second-order valence-corrected chi connectivity index (χ2v) is 5.20. The zero-order chi connectivity index (χ0) is 11.5. The van der Waals surface area contributed by atoms with Gasteiger partial charge in [-0.2, -0.15) is 0 Å². The Balaban J connectivity index is 0.000000902. The fraction of sp³-hybridized carbons (Fsp3) is 0.385. The van der Waals surface area contributed by atoms with Gasteiger partial charge in [0.1, 0.15) is 11.8 Å². The first kappa shape index (κ1) is 16.5. The van der Waals surface area contributed by atoms with Crippen LogP contribution in [-0.4, -0.2) is 31.1 Å². The van der Waals surface area contributed by atoms with Crippen LogP contribution in [0.2, 0.25) is 0 Å². The Kier molecular flexibility index (Phi) is 6.89. The van der Waals surface area contributed by atoms with E-state index in [4.69, 9.17) is 4.42 Å². The monoisotopic (exact) mass is 320 g/mol. The minimum absolute atomic E-state index is 0. The summed E-state index contributed by atoms with van der Waals surface area (Å²) in [6, 6.07) is 8.63. The molecule has 1 aliphatic rings. The largest absolute Gasteiger partial charge is 0.467 e. The van der Waals surface area contributed by atoms with Gasteiger partial charge in [0.05, 0.1) is 6.26 Å². The molecule has 1 fully saturated rings. The Hall–Kier alpha value is -0.520. The van der Waals surface area contributed by atoms with Crippen LogP contribution in [0.25, 0.3) is 0 Å². The van der Waals surface area contributed by atoms with Crippen molar-refractivity contribution in [1.82, 2.24) is 10.2 Å². The van der Waals surface area contributed by atoms with Gasteiger partial charge in [-0.05, 0) is 23.6 Å². The molecule has 2 aromatic rings. The quantitative estimate of drug-likeness (QED) is 0.941. The average molecular weight is 321 g/mol. The number of rotatable bonds is 3. The summed E-state index contributed by atoms with van der Waals surface area (Å²) in [7, 11) is 0. The van der Waals surface area contributed by atoms with Crippen molar-refractivity contribution in [3.8, 4) is 0 Å². The van der Waals surface area contributed by atoms with Crippen molar-refractivity contribution < 1.29 is 4.42 Å². The fourth-order valence-electron chi connectivity index (χ4n) is 2.33. The molecule has 0 amide bonds. The molecule has 1 atom stereocenters. The summed E-state index contributed by atoms with van der Waals surface area (Å²) in [6.45, 7) is 4.26. The van der Waals surface area contributed by atoms with Crippen LogP contribution in [0.1, 0.15) is 16.7 Å². The molecule has 1 saturated heterocycles. The maximum absolute atomic E-state index is 5.62. The molecule has 19 heavy (non-hydrogen) atoms. The summed E-state index contributed by atoms with van der Waals surface area (Å²) in [6.07, 6.45) is 1.76. The Morgan fingerprint density at radius 1 is 1.16 bits per heavy atom. The molecule has 0 aliphatic carbocycles. The number of piperazine rings is 1. The van der Waals surface area contributed by atoms with E-state index in [1.807, 2.05) is 6.07 Å². The first-order chi connectivity index (χ1) is 8.45. The average Bonchev–Trinajstić information content (AvgIpc) is 3.04. The van der Waals surface area contributed by atoms with Gasteiger partial charge in [-0.3, -0.25) is 4.90 Å². The number of nitrogens with one attached hydrogen (secondary N) is 1. The molecule has 6 heteroatoms. The topological polar surface area (TPSA) is 28.4 Å². The fourth-order valence-corrected chi connectivity index (χ4v) is 3.20. The van der Waals surface area contributed by atoms with Crippen LogP contribution >= 0.6 is 36.2 Å². The number of thiophene rings is 1. The van der Waals surface area contributed by atoms with Gasteiger partial charge in [0.25, 0.3) is 0 Å². The number of nitrogens with zero attached hydrogens (tertiary/aromatic N) is 1. The Bertz CT molecular complexity index is 407. The van der Waals surface area contributed by atoms with E-state index in [1.54, 1.807) is 17.6 Å². The molecule has 2 aromatic heterocycles. The third kappa shape index (κ3) is 3.74. The van der Waals surface area contributed by atoms with Crippen LogP contribution in [0, 0.1) is 0 Å². The molecule has 0 radical (unpaired) electrons. The van der Waals surface area contributed by atoms with Gasteiger partial charge < -0.3 is 9.73 Å². The van der Waals surface area contributed by atoms with E-state index >= 15 is 0 Å². The van der Waals surface area contributed by atoms with Crippen molar-refractivity contribution in [1.29, 1.82) is 0 Å². The summed E-state index contributed by atoms with van der Waals surface area (Å²) in [5, 5.41) is 5.52. The summed E-state index contributed by atoms with van der Waals surface area (Å²) >= 11 is 1.80. The highest BCUT2D eigenvalue weighted by Crippen LogP contribution is 2.32. The van der Waals surface area contributed by atoms with Crippen LogP contribution in [-0.2, 0) is 0 Å². The first-order valence-corrected chi connectivity index (χ1v) is 6.85. The SMILES string of the molecule is Cl.Cl.c1coc([C@@H](c2cccs2)N2CCNCC2)c1. The summed E-state index contributed by atoms with van der Waals surface area (Å²) in [5.41, 5.74) is 0. The molecule has 0 unspecified atom stereocenters. The van der Waals surface area contributed by atoms with Crippen molar-refractivity contribution in [3.63, 3.8) is 0 Å². The molecule has 0 aromatic carbocycles. The lowest BCUT2D eigenvalue weighted by molar-refractivity contribution is 0.182. The molecule has 0 bridgehead atoms. The Morgan fingerprint density at radius 2 is 1.95 bits per heavy atom. The number of hydrogen-bond acceptors (Lipinski definition) is 4. The summed E-state index contributed by atoms with van der Waals surface area (Å²) < 4.78 is 5.62. The van der Waals surface area contributed by atoms with E-state index in [9.17, 15) is 0 Å². The minimum atomic E-state index is 0. The molecular formula is C13H18Cl2N2OS. The van der Waals surface area contributed by atoms with Crippen molar-refractivity contribution in [2.75, 3.05) is 26.2 Å². The molecule has 3 rings (SSSR count). The highest BCUT2D eigenvalue weighted by atomic mass is 35.5. The lowest BCUT2D eigenvalue weighted by atomic mass is 10.1. The molecule has 0 spiro atoms. The van der Waals surface area contributed by atoms with Gasteiger partial charge in [-0.15, -0.1) is 36.2 Å². The normalized spacial score (nSPS) is 17.3. The maximum atomic E-state index is 5.62. The standard InChI is InChI=1S/C13H16N2OS.2ClH/c1-3-11(16-9-1)13(12-4-2-10-17-12)15-7-5-14-6-8-15;;/h1-4,9-10,13-14H,5-8H2;2*1H/t13-;;/m0../s1. The van der Waals surface area contributed by atoms with Crippen LogP contribution in [0.15, 0.2) is 40.3 Å². The van der Waals surface area contributed by atoms with Gasteiger partial charge in [0, 0.05) is 31.1 Å². The maximum Gasteiger partial charge on any atom is 0.126 e. The smallest absolute Gasteiger partial charge is 0.126 e. The summed E-state index contributed by atoms with van der Waals surface area (Å²) in [5.74, 6) is 1.05. The van der Waals surface area contributed by atoms with E-state index in [-0.39, 0.29) is 30.9 Å². The van der Waals surface area contributed by atoms with Crippen molar-refractivity contribution >= 4 is 36.2 Å². The third-order valence-electron chi connectivity index (χ3n) is 3.14. The number of hydrogen-bond donors (Lipinski definition) is 1.